The average molecular weight is 787 g/mol. The normalized spacial score (nSPS) is 36.9. The molecule has 2 aromatic carbocycles. The SMILES string of the molecule is C[C@H]1O[C@H](O[C@@H]2[C@@H](O)[C@H](OCCc3ccc(O)c(O)c3)O[C@H](CO[C@H]3O[C@@H](CO)[C@H](O)[C@@H](O)[C@@H]3O)[C@H]2OC(=O)/C=C/c2ccc(O)c(O)c2)[C@@H](O)[C@@H](O)[C@@H]1O. The van der Waals surface area contributed by atoms with Gasteiger partial charge in [-0.15, -0.1) is 0 Å². The molecule has 3 aliphatic rings. The first-order chi connectivity index (χ1) is 26.1. The van der Waals surface area contributed by atoms with Crippen LogP contribution in [0.4, 0.5) is 0 Å². The van der Waals surface area contributed by atoms with Crippen LogP contribution in [0.15, 0.2) is 42.5 Å². The van der Waals surface area contributed by atoms with E-state index < -0.39 is 123 Å². The number of ether oxygens (including phenoxy) is 7. The van der Waals surface area contributed by atoms with Gasteiger partial charge in [-0.25, -0.2) is 4.79 Å². The Labute approximate surface area is 313 Å². The van der Waals surface area contributed by atoms with E-state index in [1.54, 1.807) is 0 Å². The van der Waals surface area contributed by atoms with E-state index in [0.29, 0.717) is 5.56 Å². The highest BCUT2D eigenvalue weighted by Crippen LogP contribution is 2.33. The summed E-state index contributed by atoms with van der Waals surface area (Å²) in [6.45, 7) is -0.254. The highest BCUT2D eigenvalue weighted by molar-refractivity contribution is 5.87. The molecule has 55 heavy (non-hydrogen) atoms. The molecule has 3 heterocycles. The largest absolute Gasteiger partial charge is 0.504 e. The van der Waals surface area contributed by atoms with Gasteiger partial charge < -0.3 is 94.4 Å². The predicted octanol–water partition coefficient (Wildman–Crippen LogP) is -3.19. The zero-order valence-corrected chi connectivity index (χ0v) is 29.2. The van der Waals surface area contributed by atoms with E-state index in [1.807, 2.05) is 0 Å². The second kappa shape index (κ2) is 18.5. The topological polar surface area (TPSA) is 324 Å². The van der Waals surface area contributed by atoms with Crippen LogP contribution in [-0.2, 0) is 44.4 Å². The van der Waals surface area contributed by atoms with Crippen LogP contribution in [0.5, 0.6) is 23.0 Å². The van der Waals surface area contributed by atoms with Crippen LogP contribution in [0.2, 0.25) is 0 Å². The first-order valence-corrected chi connectivity index (χ1v) is 17.2. The van der Waals surface area contributed by atoms with Crippen LogP contribution in [0.1, 0.15) is 18.1 Å². The Hall–Kier alpha value is -3.71. The van der Waals surface area contributed by atoms with E-state index in [0.717, 1.165) is 12.1 Å². The van der Waals surface area contributed by atoms with E-state index in [9.17, 15) is 66.1 Å². The summed E-state index contributed by atoms with van der Waals surface area (Å²) in [5, 5.41) is 123. The molecular weight excluding hydrogens is 740 g/mol. The predicted molar refractivity (Wildman–Crippen MR) is 180 cm³/mol. The summed E-state index contributed by atoms with van der Waals surface area (Å²) < 4.78 is 40.2. The number of phenols is 4. The summed E-state index contributed by atoms with van der Waals surface area (Å²) in [7, 11) is 0. The first-order valence-electron chi connectivity index (χ1n) is 17.2. The maximum atomic E-state index is 13.3. The molecule has 306 valence electrons. The number of hydrogen-bond donors (Lipinski definition) is 12. The van der Waals surface area contributed by atoms with Gasteiger partial charge in [-0.05, 0) is 54.8 Å². The van der Waals surface area contributed by atoms with Crippen molar-refractivity contribution in [2.24, 2.45) is 0 Å². The molecule has 3 saturated heterocycles. The van der Waals surface area contributed by atoms with E-state index in [1.165, 1.54) is 43.3 Å². The number of carbonyl (C=O) groups is 1. The van der Waals surface area contributed by atoms with E-state index >= 15 is 0 Å². The summed E-state index contributed by atoms with van der Waals surface area (Å²) in [5.74, 6) is -2.71. The lowest BCUT2D eigenvalue weighted by atomic mass is 9.96. The summed E-state index contributed by atoms with van der Waals surface area (Å²) in [6.07, 6.45) is -22.6. The molecule has 0 unspecified atom stereocenters. The Morgan fingerprint density at radius 2 is 1.29 bits per heavy atom. The molecule has 20 heteroatoms. The molecule has 20 nitrogen and oxygen atoms in total. The standard InChI is InChI=1S/C35H46O20/c1-14-24(42)26(44)29(47)35(51-14)55-32-30(48)34(49-9-8-16-3-6-18(38)20(40)11-16)53-22(13-50-33-28(46)27(45)25(43)21(12-36)52-33)31(32)54-23(41)7-4-15-2-5-17(37)19(39)10-15/h2-7,10-11,14,21-22,24-40,42-48H,8-9,12-13H2,1H3/b7-4+/t14-,21+,22-,24-,25+,26+,27-,28+,29+,30-,31-,32-,33+,34-,35-/m1/s1. The number of hydrogen-bond acceptors (Lipinski definition) is 20. The number of esters is 1. The van der Waals surface area contributed by atoms with Crippen molar-refractivity contribution in [3.05, 3.63) is 53.6 Å². The number of carbonyl (C=O) groups excluding carboxylic acids is 1. The van der Waals surface area contributed by atoms with Crippen molar-refractivity contribution in [3.63, 3.8) is 0 Å². The van der Waals surface area contributed by atoms with Gasteiger partial charge in [0, 0.05) is 6.08 Å². The molecule has 0 aromatic heterocycles. The summed E-state index contributed by atoms with van der Waals surface area (Å²) in [5.41, 5.74) is 0.773. The van der Waals surface area contributed by atoms with Crippen LogP contribution in [0, 0.1) is 0 Å². The van der Waals surface area contributed by atoms with Gasteiger partial charge in [0.05, 0.1) is 25.9 Å². The van der Waals surface area contributed by atoms with Gasteiger partial charge in [0.25, 0.3) is 0 Å². The molecule has 3 aliphatic heterocycles. The molecular formula is C35H46O20. The maximum absolute atomic E-state index is 13.3. The van der Waals surface area contributed by atoms with E-state index in [-0.39, 0.29) is 30.1 Å². The fourth-order valence-corrected chi connectivity index (χ4v) is 6.14. The third-order valence-electron chi connectivity index (χ3n) is 9.36. The van der Waals surface area contributed by atoms with Crippen LogP contribution in [0.3, 0.4) is 0 Å². The Morgan fingerprint density at radius 1 is 0.673 bits per heavy atom. The van der Waals surface area contributed by atoms with Gasteiger partial charge in [0.1, 0.15) is 61.0 Å². The highest BCUT2D eigenvalue weighted by atomic mass is 16.8. The van der Waals surface area contributed by atoms with Gasteiger partial charge in [-0.2, -0.15) is 0 Å². The number of benzene rings is 2. The van der Waals surface area contributed by atoms with Crippen LogP contribution in [0.25, 0.3) is 6.08 Å². The lowest BCUT2D eigenvalue weighted by molar-refractivity contribution is -0.364. The van der Waals surface area contributed by atoms with Crippen molar-refractivity contribution >= 4 is 12.0 Å². The Kier molecular flexibility index (Phi) is 14.3. The van der Waals surface area contributed by atoms with Crippen molar-refractivity contribution < 1.29 is 99.2 Å². The number of aliphatic hydroxyl groups excluding tert-OH is 8. The molecule has 0 saturated carbocycles. The minimum absolute atomic E-state index is 0.111. The molecule has 12 N–H and O–H groups in total. The van der Waals surface area contributed by atoms with Crippen LogP contribution < -0.4 is 0 Å². The average Bonchev–Trinajstić information content (AvgIpc) is 3.16. The molecule has 15 atom stereocenters. The smallest absolute Gasteiger partial charge is 0.331 e. The Morgan fingerprint density at radius 3 is 1.96 bits per heavy atom. The van der Waals surface area contributed by atoms with Gasteiger partial charge in [-0.1, -0.05) is 12.1 Å². The monoisotopic (exact) mass is 786 g/mol. The fourth-order valence-electron chi connectivity index (χ4n) is 6.14. The zero-order valence-electron chi connectivity index (χ0n) is 29.2. The molecule has 0 radical (unpaired) electrons. The molecule has 0 spiro atoms. The Balaban J connectivity index is 1.43. The zero-order chi connectivity index (χ0) is 40.1. The van der Waals surface area contributed by atoms with Gasteiger partial charge >= 0.3 is 5.97 Å². The first kappa shape index (κ1) is 42.4. The molecule has 0 amide bonds. The fraction of sp³-hybridized carbons (Fsp3) is 0.571. The van der Waals surface area contributed by atoms with Gasteiger partial charge in [-0.3, -0.25) is 0 Å². The van der Waals surface area contributed by atoms with Gasteiger partial charge in [0.2, 0.25) is 0 Å². The van der Waals surface area contributed by atoms with Crippen LogP contribution >= 0.6 is 0 Å². The summed E-state index contributed by atoms with van der Waals surface area (Å²) in [4.78, 5) is 13.3. The number of rotatable bonds is 13. The molecule has 2 aromatic rings. The number of phenolic OH excluding ortho intramolecular Hbond substituents is 4. The quantitative estimate of drug-likeness (QED) is 0.0541. The summed E-state index contributed by atoms with van der Waals surface area (Å²) >= 11 is 0. The third-order valence-corrected chi connectivity index (χ3v) is 9.36. The third kappa shape index (κ3) is 10.0. The molecule has 0 aliphatic carbocycles. The lowest BCUT2D eigenvalue weighted by Crippen LogP contribution is -2.65. The second-order valence-corrected chi connectivity index (χ2v) is 13.3. The van der Waals surface area contributed by atoms with Crippen molar-refractivity contribution in [2.75, 3.05) is 19.8 Å². The van der Waals surface area contributed by atoms with Crippen molar-refractivity contribution in [1.29, 1.82) is 0 Å². The van der Waals surface area contributed by atoms with E-state index in [4.69, 9.17) is 33.2 Å². The van der Waals surface area contributed by atoms with Gasteiger partial charge in [0.15, 0.2) is 48.0 Å². The number of aliphatic hydroxyl groups is 8. The second-order valence-electron chi connectivity index (χ2n) is 13.3. The minimum atomic E-state index is -1.88. The molecule has 5 rings (SSSR count). The van der Waals surface area contributed by atoms with E-state index in [2.05, 4.69) is 0 Å². The highest BCUT2D eigenvalue weighted by Gasteiger charge is 2.53. The maximum Gasteiger partial charge on any atom is 0.331 e. The van der Waals surface area contributed by atoms with Crippen molar-refractivity contribution in [2.45, 2.75) is 105 Å². The lowest BCUT2D eigenvalue weighted by Gasteiger charge is -2.47. The van der Waals surface area contributed by atoms with Crippen molar-refractivity contribution in [1.82, 2.24) is 0 Å². The molecule has 0 bridgehead atoms. The van der Waals surface area contributed by atoms with Crippen LogP contribution in [-0.4, -0.2) is 179 Å². The number of aromatic hydroxyl groups is 4. The summed E-state index contributed by atoms with van der Waals surface area (Å²) in [6, 6.07) is 7.75. The molecule has 3 fully saturated rings. The Bertz CT molecular complexity index is 1610. The van der Waals surface area contributed by atoms with Crippen molar-refractivity contribution in [3.8, 4) is 23.0 Å². The minimum Gasteiger partial charge on any atom is -0.504 e.